The average Bonchev–Trinajstić information content (AvgIpc) is 3.38. The van der Waals surface area contributed by atoms with E-state index in [0.717, 1.165) is 44.7 Å². The number of fused-ring (bicyclic) bond motifs is 1. The van der Waals surface area contributed by atoms with Crippen LogP contribution in [0.5, 0.6) is 0 Å². The molecule has 0 spiro atoms. The predicted octanol–water partition coefficient (Wildman–Crippen LogP) is 6.60. The summed E-state index contributed by atoms with van der Waals surface area (Å²) in [7, 11) is 0. The molecular formula is C30H22N6. The van der Waals surface area contributed by atoms with E-state index in [1.54, 1.807) is 6.21 Å². The van der Waals surface area contributed by atoms with Gasteiger partial charge in [-0.3, -0.25) is 0 Å². The van der Waals surface area contributed by atoms with Gasteiger partial charge in [-0.05, 0) is 18.2 Å². The highest BCUT2D eigenvalue weighted by Gasteiger charge is 2.12. The van der Waals surface area contributed by atoms with Crippen LogP contribution >= 0.6 is 0 Å². The van der Waals surface area contributed by atoms with Crippen LogP contribution in [0.3, 0.4) is 0 Å². The highest BCUT2D eigenvalue weighted by molar-refractivity contribution is 5.93. The van der Waals surface area contributed by atoms with Crippen LogP contribution < -0.4 is 5.43 Å². The summed E-state index contributed by atoms with van der Waals surface area (Å²) < 4.78 is 1.86. The summed E-state index contributed by atoms with van der Waals surface area (Å²) in [6.07, 6.45) is 3.73. The third kappa shape index (κ3) is 4.35. The summed E-state index contributed by atoms with van der Waals surface area (Å²) in [6, 6.07) is 38.2. The van der Waals surface area contributed by atoms with Gasteiger partial charge in [-0.15, -0.1) is 0 Å². The summed E-state index contributed by atoms with van der Waals surface area (Å²) in [5.41, 5.74) is 9.49. The Morgan fingerprint density at radius 3 is 1.97 bits per heavy atom. The lowest BCUT2D eigenvalue weighted by atomic mass is 10.1. The molecule has 6 heteroatoms. The number of nitrogens with one attached hydrogen (secondary N) is 1. The highest BCUT2D eigenvalue weighted by Crippen LogP contribution is 2.27. The smallest absolute Gasteiger partial charge is 0.244 e. The van der Waals surface area contributed by atoms with Crippen molar-refractivity contribution in [3.8, 4) is 28.2 Å². The number of benzene rings is 4. The van der Waals surface area contributed by atoms with Crippen LogP contribution in [0.25, 0.3) is 39.1 Å². The van der Waals surface area contributed by atoms with Crippen LogP contribution in [0.1, 0.15) is 5.56 Å². The first kappa shape index (κ1) is 21.4. The predicted molar refractivity (Wildman–Crippen MR) is 145 cm³/mol. The quantitative estimate of drug-likeness (QED) is 0.222. The van der Waals surface area contributed by atoms with Crippen molar-refractivity contribution in [2.45, 2.75) is 0 Å². The van der Waals surface area contributed by atoms with Crippen molar-refractivity contribution < 1.29 is 0 Å². The number of hydrazone groups is 1. The Hall–Kier alpha value is -5.10. The monoisotopic (exact) mass is 466 g/mol. The fourth-order valence-corrected chi connectivity index (χ4v) is 4.12. The molecule has 2 aromatic heterocycles. The molecule has 1 N–H and O–H groups in total. The van der Waals surface area contributed by atoms with E-state index in [1.807, 2.05) is 126 Å². The van der Waals surface area contributed by atoms with Crippen LogP contribution in [-0.2, 0) is 0 Å². The van der Waals surface area contributed by atoms with Gasteiger partial charge in [0, 0.05) is 28.3 Å². The molecule has 172 valence electrons. The third-order valence-corrected chi connectivity index (χ3v) is 5.83. The summed E-state index contributed by atoms with van der Waals surface area (Å²) in [4.78, 5) is 9.45. The number of hydrogen-bond donors (Lipinski definition) is 1. The molecule has 6 nitrogen and oxygen atoms in total. The minimum absolute atomic E-state index is 0.431. The zero-order valence-corrected chi connectivity index (χ0v) is 19.4. The van der Waals surface area contributed by atoms with E-state index in [-0.39, 0.29) is 0 Å². The molecule has 0 atom stereocenters. The van der Waals surface area contributed by atoms with Crippen molar-refractivity contribution in [2.75, 3.05) is 5.43 Å². The number of hydrogen-bond acceptors (Lipinski definition) is 5. The molecule has 0 aliphatic rings. The van der Waals surface area contributed by atoms with Gasteiger partial charge < -0.3 is 0 Å². The van der Waals surface area contributed by atoms with Gasteiger partial charge in [0.25, 0.3) is 0 Å². The zero-order chi connectivity index (χ0) is 24.2. The lowest BCUT2D eigenvalue weighted by Crippen LogP contribution is -2.00. The molecule has 6 aromatic rings. The van der Waals surface area contributed by atoms with E-state index in [1.165, 1.54) is 0 Å². The Morgan fingerprint density at radius 1 is 0.639 bits per heavy atom. The van der Waals surface area contributed by atoms with Gasteiger partial charge in [-0.2, -0.15) is 10.2 Å². The van der Waals surface area contributed by atoms with E-state index in [0.29, 0.717) is 5.95 Å². The summed E-state index contributed by atoms with van der Waals surface area (Å²) in [5.74, 6) is 0.431. The van der Waals surface area contributed by atoms with Gasteiger partial charge >= 0.3 is 0 Å². The molecule has 0 saturated carbocycles. The lowest BCUT2D eigenvalue weighted by Gasteiger charge is -2.08. The Kier molecular flexibility index (Phi) is 5.74. The number of para-hydroxylation sites is 2. The zero-order valence-electron chi connectivity index (χ0n) is 19.4. The lowest BCUT2D eigenvalue weighted by molar-refractivity contribution is 0.884. The largest absolute Gasteiger partial charge is 0.245 e. The molecule has 0 aliphatic carbocycles. The number of rotatable bonds is 6. The summed E-state index contributed by atoms with van der Waals surface area (Å²) in [5, 5.41) is 10.3. The van der Waals surface area contributed by atoms with Crippen molar-refractivity contribution in [2.24, 2.45) is 5.10 Å². The first-order valence-electron chi connectivity index (χ1n) is 11.7. The van der Waals surface area contributed by atoms with Crippen molar-refractivity contribution >= 4 is 23.1 Å². The van der Waals surface area contributed by atoms with Gasteiger partial charge in [0.15, 0.2) is 0 Å². The number of anilines is 1. The van der Waals surface area contributed by atoms with E-state index in [9.17, 15) is 0 Å². The maximum absolute atomic E-state index is 4.84. The molecule has 0 saturated heterocycles. The molecule has 36 heavy (non-hydrogen) atoms. The normalized spacial score (nSPS) is 11.2. The van der Waals surface area contributed by atoms with E-state index in [2.05, 4.69) is 15.5 Å². The molecule has 2 heterocycles. The van der Waals surface area contributed by atoms with Gasteiger partial charge in [-0.1, -0.05) is 97.1 Å². The second-order valence-electron chi connectivity index (χ2n) is 8.23. The molecule has 4 aromatic carbocycles. The highest BCUT2D eigenvalue weighted by atomic mass is 15.3. The van der Waals surface area contributed by atoms with Gasteiger partial charge in [0.1, 0.15) is 5.69 Å². The molecule has 0 unspecified atom stereocenters. The van der Waals surface area contributed by atoms with Crippen LogP contribution in [0.4, 0.5) is 5.95 Å². The molecule has 0 bridgehead atoms. The number of nitrogens with zero attached hydrogens (tertiary/aromatic N) is 5. The molecule has 0 aliphatic heterocycles. The van der Waals surface area contributed by atoms with Gasteiger partial charge in [-0.25, -0.2) is 20.1 Å². The minimum atomic E-state index is 0.431. The molecule has 6 rings (SSSR count). The van der Waals surface area contributed by atoms with Crippen molar-refractivity contribution in [3.05, 3.63) is 127 Å². The topological polar surface area (TPSA) is 68.0 Å². The fraction of sp³-hybridized carbons (Fsp3) is 0. The van der Waals surface area contributed by atoms with Crippen molar-refractivity contribution in [3.63, 3.8) is 0 Å². The molecular weight excluding hydrogens is 444 g/mol. The van der Waals surface area contributed by atoms with Crippen LogP contribution in [0.2, 0.25) is 0 Å². The van der Waals surface area contributed by atoms with Crippen LogP contribution in [0, 0.1) is 0 Å². The molecule has 0 fully saturated rings. The first-order valence-corrected chi connectivity index (χ1v) is 11.7. The Labute approximate surface area is 208 Å². The van der Waals surface area contributed by atoms with Crippen molar-refractivity contribution in [1.29, 1.82) is 0 Å². The Morgan fingerprint density at radius 2 is 1.25 bits per heavy atom. The van der Waals surface area contributed by atoms with Gasteiger partial charge in [0.05, 0.1) is 23.1 Å². The van der Waals surface area contributed by atoms with Crippen LogP contribution in [0.15, 0.2) is 127 Å². The van der Waals surface area contributed by atoms with E-state index < -0.39 is 0 Å². The molecule has 0 amide bonds. The fourth-order valence-electron chi connectivity index (χ4n) is 4.12. The molecule has 0 radical (unpaired) electrons. The average molecular weight is 467 g/mol. The maximum Gasteiger partial charge on any atom is 0.244 e. The van der Waals surface area contributed by atoms with Gasteiger partial charge in [0.2, 0.25) is 5.95 Å². The van der Waals surface area contributed by atoms with E-state index in [4.69, 9.17) is 10.1 Å². The minimum Gasteiger partial charge on any atom is -0.245 e. The summed E-state index contributed by atoms with van der Waals surface area (Å²) >= 11 is 0. The van der Waals surface area contributed by atoms with Crippen molar-refractivity contribution in [1.82, 2.24) is 19.7 Å². The third-order valence-electron chi connectivity index (χ3n) is 5.83. The Balaban J connectivity index is 1.36. The number of aromatic nitrogens is 4. The Bertz CT molecular complexity index is 1640. The second-order valence-corrected chi connectivity index (χ2v) is 8.23. The summed E-state index contributed by atoms with van der Waals surface area (Å²) in [6.45, 7) is 0. The van der Waals surface area contributed by atoms with Crippen LogP contribution in [-0.4, -0.2) is 26.0 Å². The first-order chi connectivity index (χ1) is 17.8. The second kappa shape index (κ2) is 9.64. The van der Waals surface area contributed by atoms with E-state index >= 15 is 0 Å². The SMILES string of the molecule is C(=N\Nc1nc(-c2ccccc2)c2ccccc2n1)/c1cn(-c2ccccc2)nc1-c1ccccc1. The maximum atomic E-state index is 4.84. The standard InChI is InChI=1S/C30H22N6/c1-4-12-22(13-5-1)28-24(21-36(35-28)25-16-8-3-9-17-25)20-31-34-30-32-27-19-11-10-18-26(27)29(33-30)23-14-6-2-7-15-23/h1-21H,(H,32,33,34)/b31-20+.